The van der Waals surface area contributed by atoms with Gasteiger partial charge >= 0.3 is 0 Å². The van der Waals surface area contributed by atoms with Crippen LogP contribution in [0.3, 0.4) is 0 Å². The Morgan fingerprint density at radius 3 is 2.73 bits per heavy atom. The van der Waals surface area contributed by atoms with Crippen LogP contribution in [0.25, 0.3) is 0 Å². The summed E-state index contributed by atoms with van der Waals surface area (Å²) in [6.07, 6.45) is 8.60. The van der Waals surface area contributed by atoms with Gasteiger partial charge in [-0.1, -0.05) is 0 Å². The number of nitriles is 1. The molecule has 10 nitrogen and oxygen atoms in total. The molecular formula is C20H25N9O. The molecule has 2 aromatic heterocycles. The molecule has 2 fully saturated rings. The van der Waals surface area contributed by atoms with Gasteiger partial charge in [0.25, 0.3) is 5.91 Å². The minimum absolute atomic E-state index is 0.233. The summed E-state index contributed by atoms with van der Waals surface area (Å²) < 4.78 is 0. The van der Waals surface area contributed by atoms with E-state index in [-0.39, 0.29) is 17.3 Å². The first kappa shape index (κ1) is 20.0. The average Bonchev–Trinajstić information content (AvgIpc) is 3.16. The van der Waals surface area contributed by atoms with Crippen LogP contribution >= 0.6 is 0 Å². The SMILES string of the molecule is CNC(=O)c1nnc(Nc2cnc(C#N)cn2)cc1NC1CCC2(CCNCC2)C1. The van der Waals surface area contributed by atoms with Crippen LogP contribution in [-0.2, 0) is 0 Å². The molecule has 1 saturated heterocycles. The molecule has 156 valence electrons. The van der Waals surface area contributed by atoms with Crippen LogP contribution in [-0.4, -0.2) is 52.3 Å². The number of rotatable bonds is 5. The number of aromatic nitrogens is 4. The van der Waals surface area contributed by atoms with Crippen molar-refractivity contribution in [3.05, 3.63) is 29.8 Å². The molecule has 1 saturated carbocycles. The Morgan fingerprint density at radius 1 is 1.20 bits per heavy atom. The maximum atomic E-state index is 12.3. The minimum atomic E-state index is -0.288. The number of nitrogens with one attached hydrogen (secondary N) is 4. The lowest BCUT2D eigenvalue weighted by Gasteiger charge is -2.34. The molecular weight excluding hydrogens is 382 g/mol. The maximum Gasteiger partial charge on any atom is 0.273 e. The minimum Gasteiger partial charge on any atom is -0.380 e. The number of hydrogen-bond donors (Lipinski definition) is 4. The molecule has 2 aliphatic rings. The second-order valence-electron chi connectivity index (χ2n) is 7.93. The first-order chi connectivity index (χ1) is 14.6. The molecule has 1 aliphatic carbocycles. The van der Waals surface area contributed by atoms with E-state index in [1.165, 1.54) is 31.7 Å². The van der Waals surface area contributed by atoms with Crippen molar-refractivity contribution in [1.82, 2.24) is 30.8 Å². The Hall–Kier alpha value is -3.32. The molecule has 4 rings (SSSR count). The Morgan fingerprint density at radius 2 is 2.03 bits per heavy atom. The lowest BCUT2D eigenvalue weighted by atomic mass is 9.77. The van der Waals surface area contributed by atoms with Crippen molar-refractivity contribution in [3.8, 4) is 6.07 Å². The van der Waals surface area contributed by atoms with Gasteiger partial charge in [0.15, 0.2) is 17.2 Å². The Bertz CT molecular complexity index is 948. The van der Waals surface area contributed by atoms with Crippen LogP contribution in [0.4, 0.5) is 17.3 Å². The predicted molar refractivity (Wildman–Crippen MR) is 111 cm³/mol. The van der Waals surface area contributed by atoms with Crippen LogP contribution < -0.4 is 21.3 Å². The molecule has 1 unspecified atom stereocenters. The van der Waals surface area contributed by atoms with E-state index in [2.05, 4.69) is 41.4 Å². The van der Waals surface area contributed by atoms with Gasteiger partial charge < -0.3 is 21.3 Å². The third-order valence-electron chi connectivity index (χ3n) is 5.98. The van der Waals surface area contributed by atoms with E-state index in [0.29, 0.717) is 28.8 Å². The van der Waals surface area contributed by atoms with Crippen molar-refractivity contribution in [2.75, 3.05) is 30.8 Å². The van der Waals surface area contributed by atoms with Gasteiger partial charge in [0.1, 0.15) is 11.9 Å². The van der Waals surface area contributed by atoms with Gasteiger partial charge in [0, 0.05) is 19.2 Å². The summed E-state index contributed by atoms with van der Waals surface area (Å²) in [4.78, 5) is 20.4. The number of nitrogens with zero attached hydrogens (tertiary/aromatic N) is 5. The first-order valence-corrected chi connectivity index (χ1v) is 10.2. The smallest absolute Gasteiger partial charge is 0.273 e. The van der Waals surface area contributed by atoms with Crippen LogP contribution in [0, 0.1) is 16.7 Å². The van der Waals surface area contributed by atoms with Crippen molar-refractivity contribution >= 4 is 23.2 Å². The maximum absolute atomic E-state index is 12.3. The number of piperidine rings is 1. The Labute approximate surface area is 174 Å². The molecule has 1 amide bonds. The number of carbonyl (C=O) groups is 1. The summed E-state index contributed by atoms with van der Waals surface area (Å²) >= 11 is 0. The van der Waals surface area contributed by atoms with Gasteiger partial charge in [-0.2, -0.15) is 5.26 Å². The van der Waals surface area contributed by atoms with Gasteiger partial charge in [-0.25, -0.2) is 9.97 Å². The molecule has 1 spiro atoms. The molecule has 4 N–H and O–H groups in total. The summed E-state index contributed by atoms with van der Waals surface area (Å²) in [7, 11) is 1.58. The zero-order valence-corrected chi connectivity index (χ0v) is 16.9. The molecule has 10 heteroatoms. The van der Waals surface area contributed by atoms with Gasteiger partial charge in [-0.05, 0) is 50.6 Å². The fraction of sp³-hybridized carbons (Fsp3) is 0.500. The number of carbonyl (C=O) groups excluding carboxylic acids is 1. The molecule has 1 aliphatic heterocycles. The quantitative estimate of drug-likeness (QED) is 0.581. The molecule has 3 heterocycles. The summed E-state index contributed by atoms with van der Waals surface area (Å²) in [6.45, 7) is 2.15. The van der Waals surface area contributed by atoms with Crippen molar-refractivity contribution in [2.24, 2.45) is 5.41 Å². The lowest BCUT2D eigenvalue weighted by molar-refractivity contribution is 0.0958. The average molecular weight is 407 g/mol. The Balaban J connectivity index is 1.53. The topological polar surface area (TPSA) is 141 Å². The molecule has 0 radical (unpaired) electrons. The van der Waals surface area contributed by atoms with Crippen molar-refractivity contribution in [3.63, 3.8) is 0 Å². The summed E-state index contributed by atoms with van der Waals surface area (Å²) in [5.74, 6) is 0.597. The number of anilines is 3. The number of amides is 1. The summed E-state index contributed by atoms with van der Waals surface area (Å²) in [5.41, 5.74) is 1.54. The van der Waals surface area contributed by atoms with Crippen LogP contribution in [0.2, 0.25) is 0 Å². The first-order valence-electron chi connectivity index (χ1n) is 10.2. The highest BCUT2D eigenvalue weighted by atomic mass is 16.1. The third kappa shape index (κ3) is 4.31. The summed E-state index contributed by atoms with van der Waals surface area (Å²) in [5, 5.41) is 29.7. The van der Waals surface area contributed by atoms with Crippen LogP contribution in [0.1, 0.15) is 48.3 Å². The largest absolute Gasteiger partial charge is 0.380 e. The lowest BCUT2D eigenvalue weighted by Crippen LogP contribution is -2.36. The second kappa shape index (κ2) is 8.59. The highest BCUT2D eigenvalue weighted by molar-refractivity contribution is 5.97. The summed E-state index contributed by atoms with van der Waals surface area (Å²) in [6, 6.07) is 3.99. The van der Waals surface area contributed by atoms with E-state index < -0.39 is 0 Å². The van der Waals surface area contributed by atoms with Crippen LogP contribution in [0.5, 0.6) is 0 Å². The molecule has 1 atom stereocenters. The van der Waals surface area contributed by atoms with Gasteiger partial charge in [0.05, 0.1) is 18.1 Å². The Kier molecular flexibility index (Phi) is 5.72. The van der Waals surface area contributed by atoms with Crippen molar-refractivity contribution < 1.29 is 4.79 Å². The fourth-order valence-electron chi connectivity index (χ4n) is 4.39. The monoisotopic (exact) mass is 407 g/mol. The van der Waals surface area contributed by atoms with Gasteiger partial charge in [-0.3, -0.25) is 4.79 Å². The van der Waals surface area contributed by atoms with E-state index in [4.69, 9.17) is 5.26 Å². The molecule has 0 bridgehead atoms. The standard InChI is InChI=1S/C20H25N9O/c1-22-19(30)18-15(26-13-2-3-20(9-13)4-6-23-7-5-20)8-16(28-29-18)27-17-12-24-14(10-21)11-25-17/h8,11-13,23H,2-7,9H2,1H3,(H,22,30)(H2,25,26,27,28). The zero-order valence-electron chi connectivity index (χ0n) is 16.9. The second-order valence-corrected chi connectivity index (χ2v) is 7.93. The molecule has 30 heavy (non-hydrogen) atoms. The van der Waals surface area contributed by atoms with Crippen LogP contribution in [0.15, 0.2) is 18.5 Å². The highest BCUT2D eigenvalue weighted by Gasteiger charge is 2.40. The van der Waals surface area contributed by atoms with E-state index in [1.807, 2.05) is 6.07 Å². The normalized spacial score (nSPS) is 19.8. The predicted octanol–water partition coefficient (Wildman–Crippen LogP) is 1.58. The van der Waals surface area contributed by atoms with Crippen molar-refractivity contribution in [1.29, 1.82) is 5.26 Å². The van der Waals surface area contributed by atoms with E-state index in [9.17, 15) is 4.79 Å². The molecule has 0 aromatic carbocycles. The van der Waals surface area contributed by atoms with E-state index in [1.54, 1.807) is 13.1 Å². The van der Waals surface area contributed by atoms with E-state index >= 15 is 0 Å². The fourth-order valence-corrected chi connectivity index (χ4v) is 4.39. The third-order valence-corrected chi connectivity index (χ3v) is 5.98. The van der Waals surface area contributed by atoms with Crippen molar-refractivity contribution in [2.45, 2.75) is 38.1 Å². The molecule has 2 aromatic rings. The number of hydrogen-bond acceptors (Lipinski definition) is 9. The van der Waals surface area contributed by atoms with Gasteiger partial charge in [-0.15, -0.1) is 10.2 Å². The van der Waals surface area contributed by atoms with Gasteiger partial charge in [0.2, 0.25) is 0 Å². The zero-order chi connectivity index (χ0) is 21.0. The highest BCUT2D eigenvalue weighted by Crippen LogP contribution is 2.45. The van der Waals surface area contributed by atoms with E-state index in [0.717, 1.165) is 25.9 Å².